The standard InChI is InChI=1S/C15H19N3O2/c1-15(2)14(19)17(3)7-8-18(15)13-9-12(20-4)6-5-11(13)10-16/h5-6,9H,7-8H2,1-4H3. The molecule has 0 saturated carbocycles. The first-order chi connectivity index (χ1) is 9.41. The molecule has 0 bridgehead atoms. The molecule has 5 heteroatoms. The molecule has 1 heterocycles. The van der Waals surface area contributed by atoms with Gasteiger partial charge in [-0.1, -0.05) is 0 Å². The van der Waals surface area contributed by atoms with Gasteiger partial charge in [0.2, 0.25) is 5.91 Å². The number of carbonyl (C=O) groups is 1. The second-order valence-electron chi connectivity index (χ2n) is 5.43. The van der Waals surface area contributed by atoms with E-state index in [1.165, 1.54) is 0 Å². The maximum absolute atomic E-state index is 12.4. The lowest BCUT2D eigenvalue weighted by Crippen LogP contribution is -2.62. The Labute approximate surface area is 119 Å². The van der Waals surface area contributed by atoms with Gasteiger partial charge in [-0.05, 0) is 26.0 Å². The molecule has 106 valence electrons. The van der Waals surface area contributed by atoms with Crippen LogP contribution < -0.4 is 9.64 Å². The molecule has 0 unspecified atom stereocenters. The van der Waals surface area contributed by atoms with Gasteiger partial charge >= 0.3 is 0 Å². The zero-order valence-electron chi connectivity index (χ0n) is 12.3. The average molecular weight is 273 g/mol. The molecule has 1 aromatic carbocycles. The molecule has 1 aliphatic heterocycles. The van der Waals surface area contributed by atoms with Crippen molar-refractivity contribution in [2.45, 2.75) is 19.4 Å². The zero-order valence-corrected chi connectivity index (χ0v) is 12.3. The predicted octanol–water partition coefficient (Wildman–Crippen LogP) is 1.62. The number of benzene rings is 1. The maximum Gasteiger partial charge on any atom is 0.247 e. The summed E-state index contributed by atoms with van der Waals surface area (Å²) in [6.45, 7) is 5.10. The van der Waals surface area contributed by atoms with E-state index >= 15 is 0 Å². The number of hydrogen-bond acceptors (Lipinski definition) is 4. The summed E-state index contributed by atoms with van der Waals surface area (Å²) in [5, 5.41) is 9.29. The van der Waals surface area contributed by atoms with Gasteiger partial charge in [-0.3, -0.25) is 4.79 Å². The normalized spacial score (nSPS) is 17.9. The van der Waals surface area contributed by atoms with E-state index in [9.17, 15) is 10.1 Å². The topological polar surface area (TPSA) is 56.6 Å². The number of carbonyl (C=O) groups excluding carboxylic acids is 1. The van der Waals surface area contributed by atoms with E-state index in [1.54, 1.807) is 31.2 Å². The minimum absolute atomic E-state index is 0.0514. The van der Waals surface area contributed by atoms with Crippen LogP contribution >= 0.6 is 0 Å². The number of rotatable bonds is 2. The summed E-state index contributed by atoms with van der Waals surface area (Å²) < 4.78 is 5.23. The molecule has 1 saturated heterocycles. The summed E-state index contributed by atoms with van der Waals surface area (Å²) in [5.41, 5.74) is 0.625. The van der Waals surface area contributed by atoms with Crippen LogP contribution in [0.4, 0.5) is 5.69 Å². The van der Waals surface area contributed by atoms with Crippen molar-refractivity contribution in [2.75, 3.05) is 32.1 Å². The number of hydrogen-bond donors (Lipinski definition) is 0. The third kappa shape index (κ3) is 2.18. The number of nitrogens with zero attached hydrogens (tertiary/aromatic N) is 3. The molecule has 2 rings (SSSR count). The zero-order chi connectivity index (χ0) is 14.9. The Morgan fingerprint density at radius 1 is 1.35 bits per heavy atom. The summed E-state index contributed by atoms with van der Waals surface area (Å²) in [6, 6.07) is 7.49. The Kier molecular flexibility index (Phi) is 3.58. The minimum Gasteiger partial charge on any atom is -0.497 e. The third-order valence-electron chi connectivity index (χ3n) is 3.82. The number of piperazine rings is 1. The molecule has 20 heavy (non-hydrogen) atoms. The highest BCUT2D eigenvalue weighted by Gasteiger charge is 2.41. The second kappa shape index (κ2) is 5.04. The summed E-state index contributed by atoms with van der Waals surface area (Å²) in [7, 11) is 3.39. The van der Waals surface area contributed by atoms with Crippen LogP contribution in [0.2, 0.25) is 0 Å². The monoisotopic (exact) mass is 273 g/mol. The van der Waals surface area contributed by atoms with Crippen molar-refractivity contribution in [1.82, 2.24) is 4.90 Å². The summed E-state index contributed by atoms with van der Waals surface area (Å²) in [6.07, 6.45) is 0. The molecule has 0 radical (unpaired) electrons. The molecule has 0 N–H and O–H groups in total. The summed E-state index contributed by atoms with van der Waals surface area (Å²) in [5.74, 6) is 0.733. The maximum atomic E-state index is 12.4. The fourth-order valence-electron chi connectivity index (χ4n) is 2.59. The molecule has 1 amide bonds. The number of anilines is 1. The van der Waals surface area contributed by atoms with Gasteiger partial charge in [0.05, 0.1) is 18.4 Å². The first-order valence-corrected chi connectivity index (χ1v) is 6.53. The molecule has 0 spiro atoms. The van der Waals surface area contributed by atoms with E-state index in [1.807, 2.05) is 24.8 Å². The van der Waals surface area contributed by atoms with Gasteiger partial charge in [0, 0.05) is 26.2 Å². The van der Waals surface area contributed by atoms with Crippen LogP contribution in [-0.2, 0) is 4.79 Å². The van der Waals surface area contributed by atoms with Gasteiger partial charge in [-0.2, -0.15) is 5.26 Å². The Hall–Kier alpha value is -2.22. The van der Waals surface area contributed by atoms with Crippen molar-refractivity contribution in [1.29, 1.82) is 5.26 Å². The van der Waals surface area contributed by atoms with E-state index < -0.39 is 5.54 Å². The lowest BCUT2D eigenvalue weighted by molar-refractivity contribution is -0.136. The van der Waals surface area contributed by atoms with E-state index in [2.05, 4.69) is 6.07 Å². The van der Waals surface area contributed by atoms with Gasteiger partial charge < -0.3 is 14.5 Å². The molecule has 0 aliphatic carbocycles. The Morgan fingerprint density at radius 2 is 2.05 bits per heavy atom. The van der Waals surface area contributed by atoms with Gasteiger partial charge in [0.25, 0.3) is 0 Å². The van der Waals surface area contributed by atoms with Crippen LogP contribution in [0.5, 0.6) is 5.75 Å². The number of likely N-dealkylation sites (N-methyl/N-ethyl adjacent to an activating group) is 1. The third-order valence-corrected chi connectivity index (χ3v) is 3.82. The van der Waals surface area contributed by atoms with Crippen LogP contribution in [0.15, 0.2) is 18.2 Å². The highest BCUT2D eigenvalue weighted by molar-refractivity contribution is 5.91. The van der Waals surface area contributed by atoms with E-state index in [0.29, 0.717) is 24.4 Å². The minimum atomic E-state index is -0.676. The molecule has 1 fully saturated rings. The Morgan fingerprint density at radius 3 is 2.65 bits per heavy atom. The highest BCUT2D eigenvalue weighted by atomic mass is 16.5. The molecule has 0 aromatic heterocycles. The van der Waals surface area contributed by atoms with Crippen molar-refractivity contribution >= 4 is 11.6 Å². The van der Waals surface area contributed by atoms with Crippen molar-refractivity contribution < 1.29 is 9.53 Å². The van der Waals surface area contributed by atoms with Gasteiger partial charge in [0.1, 0.15) is 17.4 Å². The van der Waals surface area contributed by atoms with Crippen LogP contribution in [0.1, 0.15) is 19.4 Å². The quantitative estimate of drug-likeness (QED) is 0.821. The molecule has 1 aromatic rings. The number of ether oxygens (including phenoxy) is 1. The SMILES string of the molecule is COc1ccc(C#N)c(N2CCN(C)C(=O)C2(C)C)c1. The molecular formula is C15H19N3O2. The van der Waals surface area contributed by atoms with Crippen molar-refractivity contribution in [2.24, 2.45) is 0 Å². The van der Waals surface area contributed by atoms with Crippen molar-refractivity contribution in [3.05, 3.63) is 23.8 Å². The van der Waals surface area contributed by atoms with Gasteiger partial charge in [-0.25, -0.2) is 0 Å². The van der Waals surface area contributed by atoms with Crippen LogP contribution in [0, 0.1) is 11.3 Å². The van der Waals surface area contributed by atoms with Crippen molar-refractivity contribution in [3.8, 4) is 11.8 Å². The Balaban J connectivity index is 2.50. The summed E-state index contributed by atoms with van der Waals surface area (Å²) in [4.78, 5) is 16.1. The first-order valence-electron chi connectivity index (χ1n) is 6.53. The fraction of sp³-hybridized carbons (Fsp3) is 0.467. The van der Waals surface area contributed by atoms with Gasteiger partial charge in [-0.15, -0.1) is 0 Å². The van der Waals surface area contributed by atoms with E-state index in [4.69, 9.17) is 4.74 Å². The lowest BCUT2D eigenvalue weighted by Gasteiger charge is -2.46. The van der Waals surface area contributed by atoms with Gasteiger partial charge in [0.15, 0.2) is 0 Å². The second-order valence-corrected chi connectivity index (χ2v) is 5.43. The van der Waals surface area contributed by atoms with Crippen LogP contribution in [0.25, 0.3) is 0 Å². The van der Waals surface area contributed by atoms with Crippen molar-refractivity contribution in [3.63, 3.8) is 0 Å². The van der Waals surface area contributed by atoms with Crippen LogP contribution in [-0.4, -0.2) is 43.6 Å². The smallest absolute Gasteiger partial charge is 0.247 e. The number of nitriles is 1. The molecule has 5 nitrogen and oxygen atoms in total. The largest absolute Gasteiger partial charge is 0.497 e. The molecule has 0 atom stereocenters. The highest BCUT2D eigenvalue weighted by Crippen LogP contribution is 2.33. The number of amides is 1. The average Bonchev–Trinajstić information content (AvgIpc) is 2.44. The number of methoxy groups -OCH3 is 1. The molecule has 1 aliphatic rings. The molecular weight excluding hydrogens is 254 g/mol. The summed E-state index contributed by atoms with van der Waals surface area (Å²) >= 11 is 0. The fourth-order valence-corrected chi connectivity index (χ4v) is 2.59. The predicted molar refractivity (Wildman–Crippen MR) is 76.8 cm³/mol. The van der Waals surface area contributed by atoms with E-state index in [-0.39, 0.29) is 5.91 Å². The van der Waals surface area contributed by atoms with Crippen LogP contribution in [0.3, 0.4) is 0 Å². The Bertz CT molecular complexity index is 575. The first kappa shape index (κ1) is 14.2. The lowest BCUT2D eigenvalue weighted by atomic mass is 9.95. The van der Waals surface area contributed by atoms with E-state index in [0.717, 1.165) is 5.69 Å².